The monoisotopic (exact) mass is 571 g/mol. The maximum atomic E-state index is 13.8. The lowest BCUT2D eigenvalue weighted by Gasteiger charge is -2.23. The number of nitrogens with zero attached hydrogens (tertiary/aromatic N) is 6. The topological polar surface area (TPSA) is 94.3 Å². The lowest BCUT2D eigenvalue weighted by atomic mass is 9.86. The van der Waals surface area contributed by atoms with Crippen LogP contribution in [-0.2, 0) is 18.4 Å². The van der Waals surface area contributed by atoms with Crippen molar-refractivity contribution in [3.63, 3.8) is 0 Å². The van der Waals surface area contributed by atoms with Gasteiger partial charge < -0.3 is 0 Å². The first-order valence-corrected chi connectivity index (χ1v) is 13.5. The smallest absolute Gasteiger partial charge is 0.292 e. The van der Waals surface area contributed by atoms with Crippen LogP contribution in [0.5, 0.6) is 0 Å². The Morgan fingerprint density at radius 2 is 1.79 bits per heavy atom. The number of hydrogen-bond donors (Lipinski definition) is 1. The standard InChI is InChI=1S/C29H30BrN7O/c1-5-9-20-18-37(26-23(29(2,3)4)12-8-13-24(26)30)28(38)36(20)17-19-14-15-25(31-16-19)21-10-6-7-11-22(21)27-32-34-35-33-27/h6-8,10-16,18H,5,9,17H2,1-4H3,(H,32,33,34,35). The quantitative estimate of drug-likeness (QED) is 0.261. The molecular weight excluding hydrogens is 542 g/mol. The largest absolute Gasteiger partial charge is 0.333 e. The van der Waals surface area contributed by atoms with E-state index in [0.717, 1.165) is 56.6 Å². The van der Waals surface area contributed by atoms with E-state index in [1.165, 1.54) is 0 Å². The molecule has 0 aliphatic heterocycles. The van der Waals surface area contributed by atoms with Gasteiger partial charge in [-0.05, 0) is 56.2 Å². The van der Waals surface area contributed by atoms with Crippen molar-refractivity contribution < 1.29 is 0 Å². The van der Waals surface area contributed by atoms with Crippen LogP contribution < -0.4 is 5.69 Å². The minimum atomic E-state index is -0.122. The molecule has 9 heteroatoms. The number of H-pyrrole nitrogens is 1. The Kier molecular flexibility index (Phi) is 7.12. The average molecular weight is 573 g/mol. The second-order valence-corrected chi connectivity index (χ2v) is 11.2. The molecule has 3 heterocycles. The van der Waals surface area contributed by atoms with E-state index in [9.17, 15) is 4.79 Å². The van der Waals surface area contributed by atoms with E-state index in [1.54, 1.807) is 4.57 Å². The Morgan fingerprint density at radius 3 is 2.45 bits per heavy atom. The van der Waals surface area contributed by atoms with E-state index < -0.39 is 0 Å². The highest BCUT2D eigenvalue weighted by Crippen LogP contribution is 2.33. The summed E-state index contributed by atoms with van der Waals surface area (Å²) in [6.07, 6.45) is 5.57. The lowest BCUT2D eigenvalue weighted by molar-refractivity contribution is 0.584. The zero-order chi connectivity index (χ0) is 26.9. The molecule has 5 rings (SSSR count). The molecule has 0 spiro atoms. The molecule has 1 N–H and O–H groups in total. The van der Waals surface area contributed by atoms with Crippen LogP contribution in [0.2, 0.25) is 0 Å². The number of benzene rings is 2. The molecule has 2 aromatic carbocycles. The van der Waals surface area contributed by atoms with Crippen molar-refractivity contribution in [3.8, 4) is 28.3 Å². The molecular formula is C29H30BrN7O. The molecule has 0 bridgehead atoms. The minimum absolute atomic E-state index is 0.0580. The van der Waals surface area contributed by atoms with Crippen molar-refractivity contribution in [2.75, 3.05) is 0 Å². The zero-order valence-corrected chi connectivity index (χ0v) is 23.5. The fraction of sp³-hybridized carbons (Fsp3) is 0.276. The van der Waals surface area contributed by atoms with Crippen LogP contribution in [0.15, 0.2) is 76.3 Å². The molecule has 0 radical (unpaired) electrons. The van der Waals surface area contributed by atoms with E-state index >= 15 is 0 Å². The van der Waals surface area contributed by atoms with Gasteiger partial charge in [0.25, 0.3) is 0 Å². The predicted octanol–water partition coefficient (Wildman–Crippen LogP) is 5.94. The van der Waals surface area contributed by atoms with Crippen molar-refractivity contribution in [1.29, 1.82) is 0 Å². The highest BCUT2D eigenvalue weighted by Gasteiger charge is 2.23. The van der Waals surface area contributed by atoms with Gasteiger partial charge >= 0.3 is 5.69 Å². The van der Waals surface area contributed by atoms with Gasteiger partial charge in [-0.3, -0.25) is 14.1 Å². The summed E-state index contributed by atoms with van der Waals surface area (Å²) in [6, 6.07) is 17.9. The Labute approximate surface area is 229 Å². The number of hydrogen-bond acceptors (Lipinski definition) is 5. The number of rotatable bonds is 7. The molecule has 0 fully saturated rings. The van der Waals surface area contributed by atoms with E-state index in [2.05, 4.69) is 70.3 Å². The molecule has 0 saturated carbocycles. The van der Waals surface area contributed by atoms with E-state index in [0.29, 0.717) is 12.4 Å². The van der Waals surface area contributed by atoms with Gasteiger partial charge in [-0.25, -0.2) is 4.79 Å². The number of halogens is 1. The van der Waals surface area contributed by atoms with Crippen LogP contribution >= 0.6 is 15.9 Å². The summed E-state index contributed by atoms with van der Waals surface area (Å²) in [5, 5.41) is 14.4. The van der Waals surface area contributed by atoms with Gasteiger partial charge in [0.2, 0.25) is 5.82 Å². The van der Waals surface area contributed by atoms with Gasteiger partial charge in [0.05, 0.1) is 17.9 Å². The van der Waals surface area contributed by atoms with Crippen molar-refractivity contribution in [1.82, 2.24) is 34.7 Å². The number of imidazole rings is 1. The maximum absolute atomic E-state index is 13.8. The van der Waals surface area contributed by atoms with Gasteiger partial charge in [0.1, 0.15) is 0 Å². The van der Waals surface area contributed by atoms with Crippen LogP contribution in [0.25, 0.3) is 28.3 Å². The first-order chi connectivity index (χ1) is 18.3. The first-order valence-electron chi connectivity index (χ1n) is 12.7. The molecule has 5 aromatic rings. The number of pyridine rings is 1. The van der Waals surface area contributed by atoms with Gasteiger partial charge in [0, 0.05) is 33.7 Å². The maximum Gasteiger partial charge on any atom is 0.333 e. The number of para-hydroxylation sites is 1. The van der Waals surface area contributed by atoms with E-state index in [1.807, 2.05) is 65.5 Å². The summed E-state index contributed by atoms with van der Waals surface area (Å²) in [6.45, 7) is 9.06. The van der Waals surface area contributed by atoms with Gasteiger partial charge in [-0.2, -0.15) is 5.21 Å². The normalized spacial score (nSPS) is 11.7. The second kappa shape index (κ2) is 10.5. The molecule has 0 aliphatic carbocycles. The first kappa shape index (κ1) is 25.8. The predicted molar refractivity (Wildman–Crippen MR) is 152 cm³/mol. The van der Waals surface area contributed by atoms with Crippen molar-refractivity contribution in [2.45, 2.75) is 52.5 Å². The molecule has 0 atom stereocenters. The molecule has 38 heavy (non-hydrogen) atoms. The molecule has 0 unspecified atom stereocenters. The SMILES string of the molecule is CCCc1cn(-c2c(Br)cccc2C(C)(C)C)c(=O)n1Cc1ccc(-c2ccccc2-c2nn[nH]n2)nc1. The highest BCUT2D eigenvalue weighted by atomic mass is 79.9. The second-order valence-electron chi connectivity index (χ2n) is 10.3. The fourth-order valence-corrected chi connectivity index (χ4v) is 5.27. The summed E-state index contributed by atoms with van der Waals surface area (Å²) in [4.78, 5) is 18.6. The van der Waals surface area contributed by atoms with Crippen LogP contribution in [0, 0.1) is 0 Å². The Morgan fingerprint density at radius 1 is 1.00 bits per heavy atom. The fourth-order valence-electron chi connectivity index (χ4n) is 4.71. The molecule has 3 aromatic heterocycles. The van der Waals surface area contributed by atoms with Crippen molar-refractivity contribution in [2.24, 2.45) is 0 Å². The summed E-state index contributed by atoms with van der Waals surface area (Å²) in [5.41, 5.74) is 6.35. The number of nitrogens with one attached hydrogen (secondary N) is 1. The minimum Gasteiger partial charge on any atom is -0.292 e. The van der Waals surface area contributed by atoms with Crippen LogP contribution in [0.1, 0.15) is 50.9 Å². The lowest BCUT2D eigenvalue weighted by Crippen LogP contribution is -2.27. The summed E-state index contributed by atoms with van der Waals surface area (Å²) in [7, 11) is 0. The van der Waals surface area contributed by atoms with Gasteiger partial charge in [-0.15, -0.1) is 10.2 Å². The number of aryl methyl sites for hydroxylation is 1. The Hall–Kier alpha value is -3.85. The Balaban J connectivity index is 1.52. The molecule has 0 amide bonds. The van der Waals surface area contributed by atoms with Crippen LogP contribution in [0.4, 0.5) is 0 Å². The molecule has 8 nitrogen and oxygen atoms in total. The molecule has 194 valence electrons. The number of aromatic amines is 1. The van der Waals surface area contributed by atoms with Crippen molar-refractivity contribution >= 4 is 15.9 Å². The van der Waals surface area contributed by atoms with Crippen molar-refractivity contribution in [3.05, 3.63) is 98.8 Å². The number of tetrazole rings is 1. The highest BCUT2D eigenvalue weighted by molar-refractivity contribution is 9.10. The molecule has 0 saturated heterocycles. The van der Waals surface area contributed by atoms with E-state index in [4.69, 9.17) is 4.98 Å². The third-order valence-electron chi connectivity index (χ3n) is 6.56. The van der Waals surface area contributed by atoms with Crippen LogP contribution in [-0.4, -0.2) is 34.7 Å². The van der Waals surface area contributed by atoms with E-state index in [-0.39, 0.29) is 11.1 Å². The number of aromatic nitrogens is 7. The van der Waals surface area contributed by atoms with Gasteiger partial charge in [0.15, 0.2) is 0 Å². The van der Waals surface area contributed by atoms with Crippen LogP contribution in [0.3, 0.4) is 0 Å². The average Bonchev–Trinajstić information content (AvgIpc) is 3.54. The summed E-state index contributed by atoms with van der Waals surface area (Å²) >= 11 is 3.71. The third kappa shape index (κ3) is 4.98. The van der Waals surface area contributed by atoms with Gasteiger partial charge in [-0.1, -0.05) is 76.6 Å². The zero-order valence-electron chi connectivity index (χ0n) is 21.9. The Bertz CT molecular complexity index is 1610. The summed E-state index contributed by atoms with van der Waals surface area (Å²) in [5.74, 6) is 0.519. The summed E-state index contributed by atoms with van der Waals surface area (Å²) < 4.78 is 4.55. The third-order valence-corrected chi connectivity index (χ3v) is 7.20. The molecule has 0 aliphatic rings.